The third kappa shape index (κ3) is 3.63. The molecule has 3 nitrogen and oxygen atoms in total. The molecule has 0 radical (unpaired) electrons. The Morgan fingerprint density at radius 1 is 1.21 bits per heavy atom. The molecule has 3 heteroatoms. The monoisotopic (exact) mass is 260 g/mol. The van der Waals surface area contributed by atoms with Gasteiger partial charge in [-0.05, 0) is 43.5 Å². The van der Waals surface area contributed by atoms with E-state index in [0.717, 1.165) is 32.2 Å². The van der Waals surface area contributed by atoms with Crippen molar-refractivity contribution in [2.45, 2.75) is 32.2 Å². The maximum absolute atomic E-state index is 5.39. The highest BCUT2D eigenvalue weighted by molar-refractivity contribution is 5.55. The summed E-state index contributed by atoms with van der Waals surface area (Å²) >= 11 is 0. The maximum atomic E-state index is 5.39. The zero-order chi connectivity index (χ0) is 13.1. The van der Waals surface area contributed by atoms with Gasteiger partial charge in [-0.3, -0.25) is 0 Å². The molecule has 1 heterocycles. The number of ether oxygens (including phenoxy) is 1. The van der Waals surface area contributed by atoms with Crippen molar-refractivity contribution in [3.05, 3.63) is 24.3 Å². The highest BCUT2D eigenvalue weighted by atomic mass is 16.5. The van der Waals surface area contributed by atoms with Crippen molar-refractivity contribution >= 4 is 11.4 Å². The van der Waals surface area contributed by atoms with Gasteiger partial charge in [0.15, 0.2) is 0 Å². The van der Waals surface area contributed by atoms with Gasteiger partial charge < -0.3 is 15.0 Å². The molecule has 0 spiro atoms. The first-order valence-corrected chi connectivity index (χ1v) is 7.50. The van der Waals surface area contributed by atoms with Crippen LogP contribution in [-0.4, -0.2) is 32.3 Å². The molecule has 1 aromatic rings. The molecule has 1 saturated heterocycles. The highest BCUT2D eigenvalue weighted by Crippen LogP contribution is 2.34. The minimum absolute atomic E-state index is 0.585. The Balaban J connectivity index is 1.55. The number of rotatable bonds is 5. The number of anilines is 2. The number of hydrogen-bond acceptors (Lipinski definition) is 3. The van der Waals surface area contributed by atoms with Crippen molar-refractivity contribution in [1.82, 2.24) is 0 Å². The van der Waals surface area contributed by atoms with Gasteiger partial charge in [0, 0.05) is 30.5 Å². The van der Waals surface area contributed by atoms with Crippen LogP contribution < -0.4 is 10.2 Å². The Hall–Kier alpha value is -1.22. The van der Waals surface area contributed by atoms with E-state index < -0.39 is 0 Å². The molecule has 3 rings (SSSR count). The molecular formula is C16H24N2O. The molecule has 19 heavy (non-hydrogen) atoms. The molecule has 0 bridgehead atoms. The van der Waals surface area contributed by atoms with E-state index in [4.69, 9.17) is 4.74 Å². The van der Waals surface area contributed by atoms with E-state index in [1.807, 2.05) is 0 Å². The highest BCUT2D eigenvalue weighted by Gasteiger charge is 2.23. The van der Waals surface area contributed by atoms with Crippen molar-refractivity contribution in [2.24, 2.45) is 5.92 Å². The molecule has 2 aliphatic rings. The third-order valence-electron chi connectivity index (χ3n) is 4.04. The van der Waals surface area contributed by atoms with Crippen molar-refractivity contribution in [1.29, 1.82) is 0 Å². The number of benzene rings is 1. The average molecular weight is 260 g/mol. The summed E-state index contributed by atoms with van der Waals surface area (Å²) in [4.78, 5) is 2.39. The first-order valence-electron chi connectivity index (χ1n) is 7.50. The van der Waals surface area contributed by atoms with Gasteiger partial charge in [-0.25, -0.2) is 0 Å². The minimum atomic E-state index is 0.585. The van der Waals surface area contributed by atoms with Crippen molar-refractivity contribution < 1.29 is 4.74 Å². The standard InChI is InChI=1S/C16H24N2O/c1-13(12-14-2-3-14)17-15-4-6-16(7-5-15)18-8-10-19-11-9-18/h4-7,13-14,17H,2-3,8-12H2,1H3. The zero-order valence-corrected chi connectivity index (χ0v) is 11.8. The van der Waals surface area contributed by atoms with Crippen LogP contribution in [0, 0.1) is 5.92 Å². The van der Waals surface area contributed by atoms with Crippen LogP contribution in [0.5, 0.6) is 0 Å². The lowest BCUT2D eigenvalue weighted by Crippen LogP contribution is -2.36. The summed E-state index contributed by atoms with van der Waals surface area (Å²) < 4.78 is 5.39. The Morgan fingerprint density at radius 2 is 1.89 bits per heavy atom. The summed E-state index contributed by atoms with van der Waals surface area (Å²) in [7, 11) is 0. The molecule has 1 atom stereocenters. The second-order valence-corrected chi connectivity index (χ2v) is 5.87. The van der Waals surface area contributed by atoms with E-state index in [9.17, 15) is 0 Å². The lowest BCUT2D eigenvalue weighted by atomic mass is 10.1. The number of nitrogens with zero attached hydrogens (tertiary/aromatic N) is 1. The van der Waals surface area contributed by atoms with Crippen molar-refractivity contribution in [2.75, 3.05) is 36.5 Å². The molecule has 1 aromatic carbocycles. The molecule has 0 amide bonds. The molecule has 1 aliphatic carbocycles. The second-order valence-electron chi connectivity index (χ2n) is 5.87. The van der Waals surface area contributed by atoms with E-state index in [0.29, 0.717) is 6.04 Å². The average Bonchev–Trinajstić information content (AvgIpc) is 3.24. The van der Waals surface area contributed by atoms with Gasteiger partial charge in [0.1, 0.15) is 0 Å². The number of nitrogens with one attached hydrogen (secondary N) is 1. The van der Waals surface area contributed by atoms with Crippen molar-refractivity contribution in [3.8, 4) is 0 Å². The van der Waals surface area contributed by atoms with Crippen molar-refractivity contribution in [3.63, 3.8) is 0 Å². The van der Waals surface area contributed by atoms with Crippen LogP contribution in [0.4, 0.5) is 11.4 Å². The van der Waals surface area contributed by atoms with Crippen LogP contribution in [0.1, 0.15) is 26.2 Å². The molecule has 1 N–H and O–H groups in total. The second kappa shape index (κ2) is 5.83. The Morgan fingerprint density at radius 3 is 2.53 bits per heavy atom. The van der Waals surface area contributed by atoms with E-state index in [2.05, 4.69) is 41.4 Å². The van der Waals surface area contributed by atoms with Crippen LogP contribution >= 0.6 is 0 Å². The van der Waals surface area contributed by atoms with Crippen LogP contribution in [0.3, 0.4) is 0 Å². The fraction of sp³-hybridized carbons (Fsp3) is 0.625. The zero-order valence-electron chi connectivity index (χ0n) is 11.8. The van der Waals surface area contributed by atoms with E-state index in [-0.39, 0.29) is 0 Å². The largest absolute Gasteiger partial charge is 0.383 e. The van der Waals surface area contributed by atoms with Gasteiger partial charge in [0.25, 0.3) is 0 Å². The Kier molecular flexibility index (Phi) is 3.92. The molecule has 104 valence electrons. The summed E-state index contributed by atoms with van der Waals surface area (Å²) in [6.45, 7) is 5.99. The van der Waals surface area contributed by atoms with Crippen LogP contribution in [0.25, 0.3) is 0 Å². The Labute approximate surface area is 115 Å². The number of hydrogen-bond donors (Lipinski definition) is 1. The smallest absolute Gasteiger partial charge is 0.0642 e. The normalized spacial score (nSPS) is 21.2. The summed E-state index contributed by atoms with van der Waals surface area (Å²) in [5, 5.41) is 3.60. The van der Waals surface area contributed by atoms with Crippen LogP contribution in [0.15, 0.2) is 24.3 Å². The first kappa shape index (κ1) is 12.8. The predicted octanol–water partition coefficient (Wildman–Crippen LogP) is 3.12. The predicted molar refractivity (Wildman–Crippen MR) is 79.9 cm³/mol. The molecular weight excluding hydrogens is 236 g/mol. The van der Waals surface area contributed by atoms with Gasteiger partial charge >= 0.3 is 0 Å². The summed E-state index contributed by atoms with van der Waals surface area (Å²) in [6.07, 6.45) is 4.18. The summed E-state index contributed by atoms with van der Waals surface area (Å²) in [6, 6.07) is 9.43. The summed E-state index contributed by atoms with van der Waals surface area (Å²) in [5.41, 5.74) is 2.55. The molecule has 1 unspecified atom stereocenters. The van der Waals surface area contributed by atoms with Gasteiger partial charge in [0.05, 0.1) is 13.2 Å². The lowest BCUT2D eigenvalue weighted by molar-refractivity contribution is 0.122. The molecule has 1 aliphatic heterocycles. The fourth-order valence-corrected chi connectivity index (χ4v) is 2.79. The number of morpholine rings is 1. The van der Waals surface area contributed by atoms with E-state index >= 15 is 0 Å². The SMILES string of the molecule is CC(CC1CC1)Nc1ccc(N2CCOCC2)cc1. The maximum Gasteiger partial charge on any atom is 0.0642 e. The van der Waals surface area contributed by atoms with Crippen LogP contribution in [-0.2, 0) is 4.74 Å². The third-order valence-corrected chi connectivity index (χ3v) is 4.04. The Bertz CT molecular complexity index is 394. The molecule has 0 aromatic heterocycles. The van der Waals surface area contributed by atoms with E-state index in [1.54, 1.807) is 0 Å². The first-order chi connectivity index (χ1) is 9.31. The molecule has 1 saturated carbocycles. The van der Waals surface area contributed by atoms with Crippen LogP contribution in [0.2, 0.25) is 0 Å². The lowest BCUT2D eigenvalue weighted by Gasteiger charge is -2.29. The summed E-state index contributed by atoms with van der Waals surface area (Å²) in [5.74, 6) is 0.982. The topological polar surface area (TPSA) is 24.5 Å². The van der Waals surface area contributed by atoms with E-state index in [1.165, 1.54) is 30.6 Å². The van der Waals surface area contributed by atoms with Gasteiger partial charge in [-0.15, -0.1) is 0 Å². The van der Waals surface area contributed by atoms with Gasteiger partial charge in [-0.1, -0.05) is 12.8 Å². The fourth-order valence-electron chi connectivity index (χ4n) is 2.79. The van der Waals surface area contributed by atoms with Gasteiger partial charge in [0.2, 0.25) is 0 Å². The molecule has 2 fully saturated rings. The minimum Gasteiger partial charge on any atom is -0.383 e. The quantitative estimate of drug-likeness (QED) is 0.880. The van der Waals surface area contributed by atoms with Gasteiger partial charge in [-0.2, -0.15) is 0 Å².